The predicted octanol–water partition coefficient (Wildman–Crippen LogP) is 3.14. The third kappa shape index (κ3) is 4.78. The minimum atomic E-state index is -0.719. The van der Waals surface area contributed by atoms with Crippen molar-refractivity contribution in [2.45, 2.75) is 58.0 Å². The molecular weight excluding hydrogens is 354 g/mol. The number of rotatable bonds is 7. The summed E-state index contributed by atoms with van der Waals surface area (Å²) in [6, 6.07) is 4.66. The molecule has 2 heterocycles. The molecule has 1 aliphatic carbocycles. The molecule has 8 heteroatoms. The highest BCUT2D eigenvalue weighted by atomic mass is 16.5. The largest absolute Gasteiger partial charge is 0.477 e. The molecule has 0 atom stereocenters. The smallest absolute Gasteiger partial charge is 0.230 e. The van der Waals surface area contributed by atoms with Crippen LogP contribution in [0, 0.1) is 24.2 Å². The van der Waals surface area contributed by atoms with E-state index in [4.69, 9.17) is 4.74 Å². The van der Waals surface area contributed by atoms with Crippen LogP contribution in [0.15, 0.2) is 18.5 Å². The van der Waals surface area contributed by atoms with E-state index in [1.54, 1.807) is 23.1 Å². The van der Waals surface area contributed by atoms with Crippen molar-refractivity contribution in [1.82, 2.24) is 25.1 Å². The number of nitrogens with one attached hydrogen (secondary N) is 2. The highest BCUT2D eigenvalue weighted by molar-refractivity contribution is 5.55. The molecule has 8 nitrogen and oxygen atoms in total. The van der Waals surface area contributed by atoms with Gasteiger partial charge in [-0.1, -0.05) is 0 Å². The Morgan fingerprint density at radius 2 is 2.07 bits per heavy atom. The second-order valence-corrected chi connectivity index (χ2v) is 7.90. The lowest BCUT2D eigenvalue weighted by Crippen LogP contribution is -2.31. The van der Waals surface area contributed by atoms with Crippen molar-refractivity contribution < 1.29 is 4.74 Å². The fourth-order valence-electron chi connectivity index (χ4n) is 3.34. The van der Waals surface area contributed by atoms with Crippen molar-refractivity contribution in [3.8, 4) is 11.9 Å². The van der Waals surface area contributed by atoms with Gasteiger partial charge in [0.1, 0.15) is 5.54 Å². The van der Waals surface area contributed by atoms with Crippen LogP contribution in [0.25, 0.3) is 0 Å². The van der Waals surface area contributed by atoms with Crippen LogP contribution in [0.3, 0.4) is 0 Å². The first-order valence-corrected chi connectivity index (χ1v) is 9.79. The number of nitriles is 1. The minimum Gasteiger partial charge on any atom is -0.477 e. The van der Waals surface area contributed by atoms with E-state index in [9.17, 15) is 5.26 Å². The molecule has 0 amide bonds. The molecular formula is C20H29N7O. The van der Waals surface area contributed by atoms with E-state index < -0.39 is 5.54 Å². The van der Waals surface area contributed by atoms with Crippen LogP contribution in [0.5, 0.6) is 5.88 Å². The highest BCUT2D eigenvalue weighted by Crippen LogP contribution is 2.26. The third-order valence-electron chi connectivity index (χ3n) is 5.34. The molecule has 1 fully saturated rings. The first-order chi connectivity index (χ1) is 13.4. The molecule has 2 N–H and O–H groups in total. The van der Waals surface area contributed by atoms with E-state index in [2.05, 4.69) is 31.8 Å². The zero-order valence-corrected chi connectivity index (χ0v) is 17.1. The molecule has 0 radical (unpaired) electrons. The average Bonchev–Trinajstić information content (AvgIpc) is 3.08. The zero-order chi connectivity index (χ0) is 20.1. The van der Waals surface area contributed by atoms with E-state index in [1.807, 2.05) is 27.8 Å². The molecule has 0 bridgehead atoms. The molecule has 0 saturated heterocycles. The van der Waals surface area contributed by atoms with Gasteiger partial charge in [-0.05, 0) is 59.4 Å². The molecule has 0 spiro atoms. The standard InChI is InChI=1S/C20H29N7O/c1-14-17(11-27(26-14)20(2,3)13-21)24-19-23-10-9-18(25-19)28-12-15-5-7-16(22-4)8-6-15/h9-11,15-16,22H,5-8,12H2,1-4H3,(H,23,24,25)/t15-,16-. The van der Waals surface area contributed by atoms with Crippen molar-refractivity contribution >= 4 is 11.6 Å². The van der Waals surface area contributed by atoms with E-state index in [0.29, 0.717) is 30.4 Å². The lowest BCUT2D eigenvalue weighted by Gasteiger charge is -2.27. The van der Waals surface area contributed by atoms with Crippen molar-refractivity contribution in [1.29, 1.82) is 5.26 Å². The summed E-state index contributed by atoms with van der Waals surface area (Å²) < 4.78 is 7.57. The Labute approximate surface area is 166 Å². The van der Waals surface area contributed by atoms with E-state index >= 15 is 0 Å². The van der Waals surface area contributed by atoms with Gasteiger partial charge in [-0.15, -0.1) is 0 Å². The summed E-state index contributed by atoms with van der Waals surface area (Å²) in [7, 11) is 2.03. The van der Waals surface area contributed by atoms with Crippen molar-refractivity contribution in [3.05, 3.63) is 24.2 Å². The Morgan fingerprint density at radius 1 is 1.32 bits per heavy atom. The van der Waals surface area contributed by atoms with Crippen LogP contribution in [0.1, 0.15) is 45.2 Å². The van der Waals surface area contributed by atoms with Gasteiger partial charge in [0, 0.05) is 18.3 Å². The van der Waals surface area contributed by atoms with Gasteiger partial charge in [-0.2, -0.15) is 15.3 Å². The second-order valence-electron chi connectivity index (χ2n) is 7.90. The van der Waals surface area contributed by atoms with Crippen LogP contribution in [0.4, 0.5) is 11.6 Å². The number of aryl methyl sites for hydroxylation is 1. The van der Waals surface area contributed by atoms with Crippen LogP contribution in [-0.2, 0) is 5.54 Å². The summed E-state index contributed by atoms with van der Waals surface area (Å²) in [6.07, 6.45) is 8.23. The van der Waals surface area contributed by atoms with E-state index in [0.717, 1.165) is 11.4 Å². The fourth-order valence-corrected chi connectivity index (χ4v) is 3.34. The Kier molecular flexibility index (Phi) is 6.15. The molecule has 2 aromatic heterocycles. The van der Waals surface area contributed by atoms with Gasteiger partial charge < -0.3 is 15.4 Å². The first-order valence-electron chi connectivity index (χ1n) is 9.79. The molecule has 2 aromatic rings. The Balaban J connectivity index is 1.60. The number of anilines is 2. The zero-order valence-electron chi connectivity index (χ0n) is 17.1. The van der Waals surface area contributed by atoms with Crippen molar-refractivity contribution in [2.75, 3.05) is 19.0 Å². The summed E-state index contributed by atoms with van der Waals surface area (Å²) in [5.41, 5.74) is 0.827. The lowest BCUT2D eigenvalue weighted by atomic mass is 9.87. The summed E-state index contributed by atoms with van der Waals surface area (Å²) in [6.45, 7) is 6.20. The van der Waals surface area contributed by atoms with Gasteiger partial charge in [0.05, 0.1) is 30.3 Å². The summed E-state index contributed by atoms with van der Waals surface area (Å²) in [5.74, 6) is 1.59. The van der Waals surface area contributed by atoms with Crippen molar-refractivity contribution in [3.63, 3.8) is 0 Å². The number of hydrogen-bond donors (Lipinski definition) is 2. The molecule has 0 aliphatic heterocycles. The topological polar surface area (TPSA) is 101 Å². The van der Waals surface area contributed by atoms with Crippen LogP contribution in [-0.4, -0.2) is 39.4 Å². The molecule has 0 aromatic carbocycles. The maximum Gasteiger partial charge on any atom is 0.230 e. The van der Waals surface area contributed by atoms with Gasteiger partial charge >= 0.3 is 0 Å². The maximum atomic E-state index is 9.29. The Morgan fingerprint density at radius 3 is 2.75 bits per heavy atom. The van der Waals surface area contributed by atoms with Gasteiger partial charge in [-0.3, -0.25) is 4.68 Å². The van der Waals surface area contributed by atoms with Crippen LogP contribution >= 0.6 is 0 Å². The molecule has 1 aliphatic rings. The number of ether oxygens (including phenoxy) is 1. The molecule has 3 rings (SSSR count). The number of nitrogens with zero attached hydrogens (tertiary/aromatic N) is 5. The van der Waals surface area contributed by atoms with E-state index in [-0.39, 0.29) is 0 Å². The van der Waals surface area contributed by atoms with Gasteiger partial charge in [0.2, 0.25) is 11.8 Å². The average molecular weight is 384 g/mol. The second kappa shape index (κ2) is 8.57. The third-order valence-corrected chi connectivity index (χ3v) is 5.34. The minimum absolute atomic E-state index is 0.453. The number of aromatic nitrogens is 4. The Bertz CT molecular complexity index is 831. The van der Waals surface area contributed by atoms with E-state index in [1.165, 1.54) is 25.7 Å². The van der Waals surface area contributed by atoms with Gasteiger partial charge in [0.25, 0.3) is 0 Å². The lowest BCUT2D eigenvalue weighted by molar-refractivity contribution is 0.189. The molecule has 150 valence electrons. The molecule has 28 heavy (non-hydrogen) atoms. The fraction of sp³-hybridized carbons (Fsp3) is 0.600. The van der Waals surface area contributed by atoms with Crippen LogP contribution < -0.4 is 15.4 Å². The highest BCUT2D eigenvalue weighted by Gasteiger charge is 2.22. The summed E-state index contributed by atoms with van der Waals surface area (Å²) in [4.78, 5) is 8.73. The monoisotopic (exact) mass is 383 g/mol. The van der Waals surface area contributed by atoms with Gasteiger partial charge in [-0.25, -0.2) is 4.98 Å². The SMILES string of the molecule is CN[C@H]1CC[C@H](COc2ccnc(Nc3cn(C(C)(C)C#N)nc3C)n2)CC1. The first kappa shape index (κ1) is 20.1. The van der Waals surface area contributed by atoms with Crippen molar-refractivity contribution in [2.24, 2.45) is 5.92 Å². The Hall–Kier alpha value is -2.66. The molecule has 0 unspecified atom stereocenters. The quantitative estimate of drug-likeness (QED) is 0.757. The number of hydrogen-bond acceptors (Lipinski definition) is 7. The molecule has 1 saturated carbocycles. The summed E-state index contributed by atoms with van der Waals surface area (Å²) >= 11 is 0. The predicted molar refractivity (Wildman–Crippen MR) is 108 cm³/mol. The van der Waals surface area contributed by atoms with Gasteiger partial charge in [0.15, 0.2) is 0 Å². The van der Waals surface area contributed by atoms with Crippen LogP contribution in [0.2, 0.25) is 0 Å². The normalized spacial score (nSPS) is 19.8. The summed E-state index contributed by atoms with van der Waals surface area (Å²) in [5, 5.41) is 20.2. The maximum absolute atomic E-state index is 9.29.